The average Bonchev–Trinajstić information content (AvgIpc) is 2.62. The van der Waals surface area contributed by atoms with Crippen LogP contribution in [0.2, 0.25) is 0 Å². The normalized spacial score (nSPS) is 15.0. The van der Waals surface area contributed by atoms with Gasteiger partial charge in [-0.2, -0.15) is 30.7 Å². The predicted octanol–water partition coefficient (Wildman–Crippen LogP) is 2.24. The van der Waals surface area contributed by atoms with Crippen molar-refractivity contribution in [1.82, 2.24) is 5.32 Å². The molecule has 0 aliphatic rings. The van der Waals surface area contributed by atoms with Gasteiger partial charge in [0, 0.05) is 19.0 Å². The van der Waals surface area contributed by atoms with E-state index in [2.05, 4.69) is 22.6 Å². The monoisotopic (exact) mass is 488 g/mol. The third kappa shape index (κ3) is 6.90. The van der Waals surface area contributed by atoms with E-state index in [0.29, 0.717) is 0 Å². The number of alkyl halides is 7. The van der Waals surface area contributed by atoms with E-state index in [1.807, 2.05) is 0 Å². The lowest BCUT2D eigenvalue weighted by atomic mass is 10.1. The van der Waals surface area contributed by atoms with Crippen LogP contribution in [0.3, 0.4) is 0 Å². The molecule has 0 saturated heterocycles. The Kier molecular flexibility index (Phi) is 9.67. The van der Waals surface area contributed by atoms with Gasteiger partial charge in [-0.05, 0) is 12.8 Å². The van der Waals surface area contributed by atoms with Crippen molar-refractivity contribution in [2.45, 2.75) is 42.4 Å². The number of rotatable bonds is 13. The molecule has 0 aliphatic carbocycles. The standard InChI is InChI=1S/C15H18F7NO7S/c1-3-8-23-11(25)13(14(18,19)20,30-10(24)4-2)29-9-6-5-7-12(16,17)15(21,22)31(26,27)28/h3-4H,1-2,5-9H2,(H,23,25)(H,26,27,28)/p-1. The average molecular weight is 488 g/mol. The number of hydrogen-bond acceptors (Lipinski definition) is 7. The second kappa shape index (κ2) is 10.4. The molecule has 1 atom stereocenters. The van der Waals surface area contributed by atoms with Crippen molar-refractivity contribution in [1.29, 1.82) is 0 Å². The molecule has 0 fully saturated rings. The number of ether oxygens (including phenoxy) is 2. The number of carbonyl (C=O) groups is 2. The third-order valence-electron chi connectivity index (χ3n) is 3.42. The number of carbonyl (C=O) groups excluding carboxylic acids is 2. The molecule has 0 aromatic carbocycles. The van der Waals surface area contributed by atoms with Crippen molar-refractivity contribution in [3.05, 3.63) is 25.3 Å². The molecule has 0 aromatic heterocycles. The first-order valence-electron chi connectivity index (χ1n) is 8.06. The lowest BCUT2D eigenvalue weighted by Crippen LogP contribution is -2.61. The summed E-state index contributed by atoms with van der Waals surface area (Å²) in [6, 6.07) is 0. The van der Waals surface area contributed by atoms with Crippen molar-refractivity contribution in [3.8, 4) is 0 Å². The molecule has 0 saturated carbocycles. The molecule has 0 aliphatic heterocycles. The van der Waals surface area contributed by atoms with E-state index in [4.69, 9.17) is 0 Å². The first-order chi connectivity index (χ1) is 13.9. The fraction of sp³-hybridized carbons (Fsp3) is 0.600. The Morgan fingerprint density at radius 3 is 2.00 bits per heavy atom. The summed E-state index contributed by atoms with van der Waals surface area (Å²) in [5.74, 6) is -13.3. The van der Waals surface area contributed by atoms with Crippen molar-refractivity contribution in [2.75, 3.05) is 13.2 Å². The van der Waals surface area contributed by atoms with Crippen LogP contribution < -0.4 is 5.32 Å². The van der Waals surface area contributed by atoms with E-state index in [9.17, 15) is 53.3 Å². The Morgan fingerprint density at radius 2 is 1.58 bits per heavy atom. The van der Waals surface area contributed by atoms with Gasteiger partial charge in [0.15, 0.2) is 10.1 Å². The first-order valence-corrected chi connectivity index (χ1v) is 9.47. The molecule has 0 aromatic rings. The van der Waals surface area contributed by atoms with Gasteiger partial charge in [-0.1, -0.05) is 12.7 Å². The lowest BCUT2D eigenvalue weighted by molar-refractivity contribution is -0.346. The van der Waals surface area contributed by atoms with Gasteiger partial charge in [0.1, 0.15) is 0 Å². The Labute approximate surface area is 171 Å². The molecule has 1 N–H and O–H groups in total. The highest BCUT2D eigenvalue weighted by Crippen LogP contribution is 2.42. The maximum absolute atomic E-state index is 13.5. The minimum atomic E-state index is -6.72. The molecule has 0 bridgehead atoms. The molecule has 1 amide bonds. The first kappa shape index (κ1) is 28.8. The molecular weight excluding hydrogens is 471 g/mol. The molecular formula is C15H17F7NO7S-. The van der Waals surface area contributed by atoms with E-state index in [-0.39, 0.29) is 6.08 Å². The summed E-state index contributed by atoms with van der Waals surface area (Å²) in [6.07, 6.45) is -8.26. The number of unbranched alkanes of at least 4 members (excludes halogenated alkanes) is 1. The Hall–Kier alpha value is -2.20. The van der Waals surface area contributed by atoms with E-state index in [1.54, 1.807) is 5.32 Å². The quantitative estimate of drug-likeness (QED) is 0.0803. The number of amides is 1. The molecule has 0 radical (unpaired) electrons. The van der Waals surface area contributed by atoms with Crippen molar-refractivity contribution in [2.24, 2.45) is 0 Å². The smallest absolute Gasteiger partial charge is 0.466 e. The van der Waals surface area contributed by atoms with Crippen LogP contribution >= 0.6 is 0 Å². The zero-order valence-corrected chi connectivity index (χ0v) is 16.3. The summed E-state index contributed by atoms with van der Waals surface area (Å²) in [4.78, 5) is 23.2. The van der Waals surface area contributed by atoms with Gasteiger partial charge in [0.2, 0.25) is 0 Å². The van der Waals surface area contributed by atoms with E-state index < -0.39 is 77.5 Å². The fourth-order valence-electron chi connectivity index (χ4n) is 1.87. The highest BCUT2D eigenvalue weighted by atomic mass is 32.2. The summed E-state index contributed by atoms with van der Waals surface area (Å²) in [5.41, 5.74) is 0. The minimum Gasteiger partial charge on any atom is -0.743 e. The number of hydrogen-bond donors (Lipinski definition) is 1. The van der Waals surface area contributed by atoms with Gasteiger partial charge in [0.25, 0.3) is 0 Å². The Bertz CT molecular complexity index is 783. The van der Waals surface area contributed by atoms with E-state index >= 15 is 0 Å². The SMILES string of the molecule is C=CCNC(=O)C(OCCCCC(F)(F)C(F)(F)S(=O)(=O)[O-])(OC(=O)C=C)C(F)(F)F. The van der Waals surface area contributed by atoms with Gasteiger partial charge in [-0.3, -0.25) is 4.79 Å². The maximum atomic E-state index is 13.5. The highest BCUT2D eigenvalue weighted by molar-refractivity contribution is 7.86. The van der Waals surface area contributed by atoms with Crippen LogP contribution in [0, 0.1) is 0 Å². The molecule has 31 heavy (non-hydrogen) atoms. The lowest BCUT2D eigenvalue weighted by Gasteiger charge is -2.33. The number of nitrogens with one attached hydrogen (secondary N) is 1. The van der Waals surface area contributed by atoms with Gasteiger partial charge >= 0.3 is 35.0 Å². The molecule has 180 valence electrons. The van der Waals surface area contributed by atoms with Crippen LogP contribution in [-0.2, 0) is 29.2 Å². The largest absolute Gasteiger partial charge is 0.743 e. The van der Waals surface area contributed by atoms with Gasteiger partial charge < -0.3 is 19.3 Å². The van der Waals surface area contributed by atoms with Crippen LogP contribution in [0.25, 0.3) is 0 Å². The predicted molar refractivity (Wildman–Crippen MR) is 87.7 cm³/mol. The summed E-state index contributed by atoms with van der Waals surface area (Å²) in [6.45, 7) is 4.25. The van der Waals surface area contributed by atoms with Crippen molar-refractivity contribution in [3.63, 3.8) is 0 Å². The van der Waals surface area contributed by atoms with Crippen LogP contribution in [0.15, 0.2) is 25.3 Å². The molecule has 1 unspecified atom stereocenters. The Balaban J connectivity index is 5.41. The number of esters is 1. The zero-order chi connectivity index (χ0) is 24.7. The molecule has 0 spiro atoms. The molecule has 0 heterocycles. The van der Waals surface area contributed by atoms with Gasteiger partial charge in [-0.25, -0.2) is 13.2 Å². The van der Waals surface area contributed by atoms with Crippen LogP contribution in [0.5, 0.6) is 0 Å². The van der Waals surface area contributed by atoms with Gasteiger partial charge in [0.05, 0.1) is 6.61 Å². The highest BCUT2D eigenvalue weighted by Gasteiger charge is 2.66. The van der Waals surface area contributed by atoms with Crippen LogP contribution in [0.4, 0.5) is 30.7 Å². The fourth-order valence-corrected chi connectivity index (χ4v) is 2.34. The van der Waals surface area contributed by atoms with Gasteiger partial charge in [-0.15, -0.1) is 6.58 Å². The topological polar surface area (TPSA) is 122 Å². The Morgan fingerprint density at radius 1 is 1.03 bits per heavy atom. The molecule has 16 heteroatoms. The summed E-state index contributed by atoms with van der Waals surface area (Å²) in [7, 11) is -6.72. The van der Waals surface area contributed by atoms with E-state index in [1.165, 1.54) is 0 Å². The van der Waals surface area contributed by atoms with Crippen LogP contribution in [0.1, 0.15) is 19.3 Å². The third-order valence-corrected chi connectivity index (χ3v) is 4.35. The number of halogens is 7. The summed E-state index contributed by atoms with van der Waals surface area (Å²) in [5, 5.41) is -4.28. The molecule has 8 nitrogen and oxygen atoms in total. The van der Waals surface area contributed by atoms with E-state index in [0.717, 1.165) is 6.08 Å². The zero-order valence-electron chi connectivity index (χ0n) is 15.5. The molecule has 0 rings (SSSR count). The van der Waals surface area contributed by atoms with Crippen molar-refractivity contribution >= 4 is 22.0 Å². The van der Waals surface area contributed by atoms with Crippen molar-refractivity contribution < 1.29 is 62.8 Å². The summed E-state index contributed by atoms with van der Waals surface area (Å²) < 4.78 is 132. The van der Waals surface area contributed by atoms with Crippen LogP contribution in [-0.4, -0.2) is 61.1 Å². The summed E-state index contributed by atoms with van der Waals surface area (Å²) >= 11 is 0. The maximum Gasteiger partial charge on any atom is 0.466 e. The second-order valence-corrected chi connectivity index (χ2v) is 7.14. The minimum absolute atomic E-state index is 0.274. The second-order valence-electron chi connectivity index (χ2n) is 5.72.